The van der Waals surface area contributed by atoms with Gasteiger partial charge in [0, 0.05) is 30.0 Å². The van der Waals surface area contributed by atoms with Crippen LogP contribution in [-0.2, 0) is 16.0 Å². The maximum absolute atomic E-state index is 12.8. The lowest BCUT2D eigenvalue weighted by Crippen LogP contribution is -2.38. The van der Waals surface area contributed by atoms with Crippen molar-refractivity contribution >= 4 is 40.7 Å². The zero-order valence-electron chi connectivity index (χ0n) is 18.3. The molecule has 0 unspecified atom stereocenters. The number of anilines is 1. The van der Waals surface area contributed by atoms with Gasteiger partial charge in [-0.2, -0.15) is 4.98 Å². The van der Waals surface area contributed by atoms with E-state index in [9.17, 15) is 9.59 Å². The normalized spacial score (nSPS) is 10.7. The molecule has 0 bridgehead atoms. The maximum atomic E-state index is 12.8. The van der Waals surface area contributed by atoms with Crippen LogP contribution < -0.4 is 10.1 Å². The van der Waals surface area contributed by atoms with Crippen LogP contribution in [0.3, 0.4) is 0 Å². The fourth-order valence-electron chi connectivity index (χ4n) is 3.10. The molecule has 2 amide bonds. The van der Waals surface area contributed by atoms with E-state index in [-0.39, 0.29) is 31.2 Å². The van der Waals surface area contributed by atoms with E-state index in [1.54, 1.807) is 31.4 Å². The van der Waals surface area contributed by atoms with Crippen LogP contribution >= 0.6 is 23.2 Å². The zero-order valence-corrected chi connectivity index (χ0v) is 19.8. The first-order chi connectivity index (χ1) is 15.9. The van der Waals surface area contributed by atoms with Crippen molar-refractivity contribution in [2.24, 2.45) is 0 Å². The number of rotatable bonds is 10. The Morgan fingerprint density at radius 2 is 1.91 bits per heavy atom. The van der Waals surface area contributed by atoms with Crippen molar-refractivity contribution in [1.82, 2.24) is 15.0 Å². The number of methoxy groups -OCH3 is 1. The second-order valence-electron chi connectivity index (χ2n) is 7.23. The Morgan fingerprint density at radius 3 is 2.58 bits per heavy atom. The number of halogens is 2. The minimum absolute atomic E-state index is 0.0907. The Bertz CT molecular complexity index is 1100. The van der Waals surface area contributed by atoms with Crippen LogP contribution in [-0.4, -0.2) is 47.1 Å². The van der Waals surface area contributed by atoms with Crippen LogP contribution in [0.25, 0.3) is 11.4 Å². The quantitative estimate of drug-likeness (QED) is 0.435. The summed E-state index contributed by atoms with van der Waals surface area (Å²) in [5, 5.41) is 7.48. The van der Waals surface area contributed by atoms with Gasteiger partial charge < -0.3 is 19.5 Å². The van der Waals surface area contributed by atoms with Crippen molar-refractivity contribution in [3.63, 3.8) is 0 Å². The Hall–Kier alpha value is -3.10. The molecule has 0 atom stereocenters. The van der Waals surface area contributed by atoms with Gasteiger partial charge in [-0.3, -0.25) is 9.59 Å². The smallest absolute Gasteiger partial charge is 0.244 e. The van der Waals surface area contributed by atoms with E-state index >= 15 is 0 Å². The standard InChI is InChI=1S/C23H24Cl2N4O4/c1-3-12-29(14-20(30)26-19-9-6-16(24)13-18(19)25)22(31)11-10-21-27-23(28-33-21)15-4-7-17(32-2)8-5-15/h4-9,13H,3,10-12,14H2,1-2H3,(H,26,30). The Balaban J connectivity index is 1.56. The number of aryl methyl sites for hydroxylation is 1. The van der Waals surface area contributed by atoms with Crippen molar-refractivity contribution in [3.8, 4) is 17.1 Å². The fourth-order valence-corrected chi connectivity index (χ4v) is 3.56. The number of aromatic nitrogens is 2. The van der Waals surface area contributed by atoms with Gasteiger partial charge in [0.25, 0.3) is 0 Å². The van der Waals surface area contributed by atoms with Crippen molar-refractivity contribution in [2.45, 2.75) is 26.2 Å². The average Bonchev–Trinajstić information content (AvgIpc) is 3.28. The number of hydrogen-bond acceptors (Lipinski definition) is 6. The van der Waals surface area contributed by atoms with Gasteiger partial charge in [-0.1, -0.05) is 35.3 Å². The van der Waals surface area contributed by atoms with Crippen LogP contribution in [0.1, 0.15) is 25.7 Å². The highest BCUT2D eigenvalue weighted by molar-refractivity contribution is 6.36. The number of nitrogens with zero attached hydrogens (tertiary/aromatic N) is 3. The molecule has 1 N–H and O–H groups in total. The highest BCUT2D eigenvalue weighted by Gasteiger charge is 2.19. The van der Waals surface area contributed by atoms with E-state index in [1.165, 1.54) is 11.0 Å². The van der Waals surface area contributed by atoms with Gasteiger partial charge in [-0.25, -0.2) is 0 Å². The minimum Gasteiger partial charge on any atom is -0.497 e. The molecule has 0 radical (unpaired) electrons. The largest absolute Gasteiger partial charge is 0.497 e. The van der Waals surface area contributed by atoms with Crippen molar-refractivity contribution in [3.05, 3.63) is 58.4 Å². The van der Waals surface area contributed by atoms with E-state index in [0.717, 1.165) is 11.3 Å². The van der Waals surface area contributed by atoms with Crippen LogP contribution in [0.15, 0.2) is 47.0 Å². The third-order valence-corrected chi connectivity index (χ3v) is 5.30. The second-order valence-corrected chi connectivity index (χ2v) is 8.07. The summed E-state index contributed by atoms with van der Waals surface area (Å²) in [6, 6.07) is 12.0. The molecule has 0 fully saturated rings. The zero-order chi connectivity index (χ0) is 23.8. The summed E-state index contributed by atoms with van der Waals surface area (Å²) < 4.78 is 10.4. The predicted molar refractivity (Wildman–Crippen MR) is 127 cm³/mol. The van der Waals surface area contributed by atoms with Gasteiger partial charge in [0.2, 0.25) is 23.5 Å². The molecule has 2 aromatic carbocycles. The minimum atomic E-state index is -0.347. The molecule has 0 aliphatic heterocycles. The van der Waals surface area contributed by atoms with Crippen LogP contribution in [0, 0.1) is 0 Å². The molecule has 0 aliphatic rings. The first kappa shape index (κ1) is 24.5. The summed E-state index contributed by atoms with van der Waals surface area (Å²) in [4.78, 5) is 31.1. The van der Waals surface area contributed by atoms with Gasteiger partial charge >= 0.3 is 0 Å². The first-order valence-electron chi connectivity index (χ1n) is 10.4. The van der Waals surface area contributed by atoms with Crippen molar-refractivity contribution < 1.29 is 18.8 Å². The van der Waals surface area contributed by atoms with E-state index in [2.05, 4.69) is 15.5 Å². The molecule has 3 aromatic rings. The fraction of sp³-hybridized carbons (Fsp3) is 0.304. The van der Waals surface area contributed by atoms with Gasteiger partial charge in [-0.05, 0) is 48.9 Å². The number of amides is 2. The van der Waals surface area contributed by atoms with Crippen LogP contribution in [0.2, 0.25) is 10.0 Å². The van der Waals surface area contributed by atoms with E-state index in [0.29, 0.717) is 40.4 Å². The third-order valence-electron chi connectivity index (χ3n) is 4.75. The predicted octanol–water partition coefficient (Wildman–Crippen LogP) is 4.86. The highest BCUT2D eigenvalue weighted by atomic mass is 35.5. The second kappa shape index (κ2) is 11.7. The number of benzene rings is 2. The lowest BCUT2D eigenvalue weighted by Gasteiger charge is -2.21. The third kappa shape index (κ3) is 6.94. The monoisotopic (exact) mass is 490 g/mol. The molecule has 1 heterocycles. The van der Waals surface area contributed by atoms with Crippen molar-refractivity contribution in [2.75, 3.05) is 25.5 Å². The molecule has 1 aromatic heterocycles. The molecule has 0 saturated carbocycles. The summed E-state index contributed by atoms with van der Waals surface area (Å²) >= 11 is 12.0. The highest BCUT2D eigenvalue weighted by Crippen LogP contribution is 2.25. The number of carbonyl (C=O) groups is 2. The number of hydrogen-bond donors (Lipinski definition) is 1. The van der Waals surface area contributed by atoms with Gasteiger partial charge in [0.05, 0.1) is 24.4 Å². The van der Waals surface area contributed by atoms with Crippen LogP contribution in [0.5, 0.6) is 5.75 Å². The summed E-state index contributed by atoms with van der Waals surface area (Å²) in [5.74, 6) is 0.984. The topological polar surface area (TPSA) is 97.6 Å². The summed E-state index contributed by atoms with van der Waals surface area (Å²) in [6.45, 7) is 2.29. The molecule has 10 heteroatoms. The molecule has 3 rings (SSSR count). The number of nitrogens with one attached hydrogen (secondary N) is 1. The average molecular weight is 491 g/mol. The number of ether oxygens (including phenoxy) is 1. The lowest BCUT2D eigenvalue weighted by atomic mass is 10.2. The molecular weight excluding hydrogens is 467 g/mol. The van der Waals surface area contributed by atoms with E-state index in [4.69, 9.17) is 32.5 Å². The Labute approximate surface area is 201 Å². The maximum Gasteiger partial charge on any atom is 0.244 e. The first-order valence-corrected chi connectivity index (χ1v) is 11.1. The molecule has 0 saturated heterocycles. The van der Waals surface area contributed by atoms with Crippen molar-refractivity contribution in [1.29, 1.82) is 0 Å². The van der Waals surface area contributed by atoms with E-state index < -0.39 is 0 Å². The lowest BCUT2D eigenvalue weighted by molar-refractivity contribution is -0.134. The summed E-state index contributed by atoms with van der Waals surface area (Å²) in [7, 11) is 1.59. The number of carbonyl (C=O) groups excluding carboxylic acids is 2. The molecule has 8 nitrogen and oxygen atoms in total. The van der Waals surface area contributed by atoms with E-state index in [1.807, 2.05) is 19.1 Å². The summed E-state index contributed by atoms with van der Waals surface area (Å²) in [6.07, 6.45) is 1.12. The van der Waals surface area contributed by atoms with Gasteiger partial charge in [-0.15, -0.1) is 0 Å². The Kier molecular flexibility index (Phi) is 8.68. The summed E-state index contributed by atoms with van der Waals surface area (Å²) in [5.41, 5.74) is 1.22. The molecular formula is C23H24Cl2N4O4. The molecule has 174 valence electrons. The molecule has 0 spiro atoms. The van der Waals surface area contributed by atoms with Gasteiger partial charge in [0.1, 0.15) is 5.75 Å². The van der Waals surface area contributed by atoms with Crippen LogP contribution in [0.4, 0.5) is 5.69 Å². The Morgan fingerprint density at radius 1 is 1.15 bits per heavy atom. The SMILES string of the molecule is CCCN(CC(=O)Nc1ccc(Cl)cc1Cl)C(=O)CCc1nc(-c2ccc(OC)cc2)no1. The molecule has 0 aliphatic carbocycles. The molecule has 33 heavy (non-hydrogen) atoms. The van der Waals surface area contributed by atoms with Gasteiger partial charge in [0.15, 0.2) is 0 Å².